The molecular formula is C23H20ClF3N2O3S. The Morgan fingerprint density at radius 2 is 1.76 bits per heavy atom. The van der Waals surface area contributed by atoms with E-state index in [1.54, 1.807) is 12.1 Å². The van der Waals surface area contributed by atoms with Gasteiger partial charge in [-0.2, -0.15) is 17.5 Å². The van der Waals surface area contributed by atoms with Gasteiger partial charge in [-0.15, -0.1) is 0 Å². The Labute approximate surface area is 194 Å². The minimum absolute atomic E-state index is 0.0498. The average molecular weight is 497 g/mol. The minimum Gasteiger partial charge on any atom is -0.326 e. The molecule has 1 fully saturated rings. The zero-order valence-corrected chi connectivity index (χ0v) is 18.8. The molecule has 10 heteroatoms. The highest BCUT2D eigenvalue weighted by Gasteiger charge is 2.35. The third-order valence-electron chi connectivity index (χ3n) is 5.65. The molecule has 5 nitrogen and oxygen atoms in total. The number of sulfonamides is 1. The topological polar surface area (TPSA) is 66.5 Å². The predicted octanol–water partition coefficient (Wildman–Crippen LogP) is 5.55. The van der Waals surface area contributed by atoms with E-state index in [9.17, 15) is 26.4 Å². The van der Waals surface area contributed by atoms with Crippen LogP contribution in [0.1, 0.15) is 18.4 Å². The van der Waals surface area contributed by atoms with Crippen molar-refractivity contribution in [2.45, 2.75) is 23.9 Å². The molecule has 0 radical (unpaired) electrons. The summed E-state index contributed by atoms with van der Waals surface area (Å²) in [5.74, 6) is -1.23. The van der Waals surface area contributed by atoms with E-state index in [1.165, 1.54) is 16.4 Å². The quantitative estimate of drug-likeness (QED) is 0.515. The van der Waals surface area contributed by atoms with E-state index >= 15 is 0 Å². The molecule has 0 bridgehead atoms. The summed E-state index contributed by atoms with van der Waals surface area (Å²) in [6, 6.07) is 15.4. The number of hydrogen-bond acceptors (Lipinski definition) is 3. The molecule has 3 aromatic carbocycles. The van der Waals surface area contributed by atoms with Crippen LogP contribution in [-0.4, -0.2) is 31.7 Å². The van der Waals surface area contributed by atoms with Gasteiger partial charge in [-0.3, -0.25) is 4.79 Å². The highest BCUT2D eigenvalue weighted by atomic mass is 35.5. The number of alkyl halides is 3. The van der Waals surface area contributed by atoms with Gasteiger partial charge >= 0.3 is 6.18 Å². The molecule has 0 saturated carbocycles. The lowest BCUT2D eigenvalue weighted by molar-refractivity contribution is -0.137. The molecule has 1 heterocycles. The number of nitrogens with zero attached hydrogens (tertiary/aromatic N) is 1. The summed E-state index contributed by atoms with van der Waals surface area (Å²) in [6.07, 6.45) is -3.78. The maximum atomic E-state index is 13.2. The van der Waals surface area contributed by atoms with Crippen LogP contribution in [0.25, 0.3) is 10.8 Å². The summed E-state index contributed by atoms with van der Waals surface area (Å²) in [7, 11) is -3.84. The van der Waals surface area contributed by atoms with Gasteiger partial charge in [-0.05, 0) is 53.9 Å². The fourth-order valence-electron chi connectivity index (χ4n) is 3.92. The average Bonchev–Trinajstić information content (AvgIpc) is 2.79. The maximum absolute atomic E-state index is 13.2. The summed E-state index contributed by atoms with van der Waals surface area (Å²) in [5.41, 5.74) is -1.10. The van der Waals surface area contributed by atoms with Crippen molar-refractivity contribution < 1.29 is 26.4 Å². The van der Waals surface area contributed by atoms with Gasteiger partial charge in [0.05, 0.1) is 21.4 Å². The molecule has 1 aliphatic heterocycles. The number of benzene rings is 3. The lowest BCUT2D eigenvalue weighted by atomic mass is 9.98. The first-order valence-corrected chi connectivity index (χ1v) is 12.0. The van der Waals surface area contributed by atoms with Gasteiger partial charge in [0, 0.05) is 18.8 Å². The van der Waals surface area contributed by atoms with Crippen molar-refractivity contribution in [3.63, 3.8) is 0 Å². The predicted molar refractivity (Wildman–Crippen MR) is 121 cm³/mol. The van der Waals surface area contributed by atoms with Gasteiger partial charge in [0.1, 0.15) is 0 Å². The van der Waals surface area contributed by atoms with Gasteiger partial charge in [-0.1, -0.05) is 41.9 Å². The van der Waals surface area contributed by atoms with Crippen LogP contribution >= 0.6 is 11.6 Å². The van der Waals surface area contributed by atoms with E-state index in [0.717, 1.165) is 22.9 Å². The number of carbonyl (C=O) groups is 1. The molecule has 3 aromatic rings. The number of piperidine rings is 1. The summed E-state index contributed by atoms with van der Waals surface area (Å²) in [4.78, 5) is 12.9. The number of nitrogens with one attached hydrogen (secondary N) is 1. The molecule has 0 aliphatic carbocycles. The van der Waals surface area contributed by atoms with Crippen molar-refractivity contribution in [2.75, 3.05) is 18.4 Å². The summed E-state index contributed by atoms with van der Waals surface area (Å²) in [5, 5.41) is 3.70. The van der Waals surface area contributed by atoms with Crippen LogP contribution in [0, 0.1) is 5.92 Å². The Morgan fingerprint density at radius 1 is 1.03 bits per heavy atom. The number of rotatable bonds is 4. The highest BCUT2D eigenvalue weighted by Crippen LogP contribution is 2.36. The molecule has 174 valence electrons. The summed E-state index contributed by atoms with van der Waals surface area (Å²) >= 11 is 5.62. The van der Waals surface area contributed by atoms with Crippen LogP contribution in [0.4, 0.5) is 18.9 Å². The largest absolute Gasteiger partial charge is 0.417 e. The molecule has 4 rings (SSSR count). The van der Waals surface area contributed by atoms with Gasteiger partial charge in [0.25, 0.3) is 0 Å². The SMILES string of the molecule is O=C(Nc1ccc(Cl)c(C(F)(F)F)c1)[C@@H]1CCCN(S(=O)(=O)c2ccc3ccccc3c2)C1. The van der Waals surface area contributed by atoms with Crippen molar-refractivity contribution in [2.24, 2.45) is 5.92 Å². The van der Waals surface area contributed by atoms with Crippen LogP contribution in [0.2, 0.25) is 5.02 Å². The monoisotopic (exact) mass is 496 g/mol. The van der Waals surface area contributed by atoms with Crippen LogP contribution in [-0.2, 0) is 21.0 Å². The molecule has 1 atom stereocenters. The molecule has 1 aliphatic rings. The van der Waals surface area contributed by atoms with Gasteiger partial charge in [0.2, 0.25) is 15.9 Å². The Bertz CT molecular complexity index is 1310. The Balaban J connectivity index is 1.51. The number of halogens is 4. The molecule has 1 N–H and O–H groups in total. The Kier molecular flexibility index (Phi) is 6.39. The number of anilines is 1. The number of carbonyl (C=O) groups excluding carboxylic acids is 1. The summed E-state index contributed by atoms with van der Waals surface area (Å²) in [6.45, 7) is 0.207. The minimum atomic E-state index is -4.66. The lowest BCUT2D eigenvalue weighted by Gasteiger charge is -2.31. The highest BCUT2D eigenvalue weighted by molar-refractivity contribution is 7.89. The zero-order valence-electron chi connectivity index (χ0n) is 17.3. The van der Waals surface area contributed by atoms with Gasteiger partial charge in [-0.25, -0.2) is 8.42 Å². The molecule has 1 saturated heterocycles. The second-order valence-corrected chi connectivity index (χ2v) is 10.2. The van der Waals surface area contributed by atoms with Crippen molar-refractivity contribution in [1.82, 2.24) is 4.31 Å². The van der Waals surface area contributed by atoms with E-state index < -0.39 is 38.6 Å². The third-order valence-corrected chi connectivity index (χ3v) is 7.84. The molecule has 0 spiro atoms. The molecule has 0 unspecified atom stereocenters. The smallest absolute Gasteiger partial charge is 0.326 e. The van der Waals surface area contributed by atoms with Crippen molar-refractivity contribution >= 4 is 44.0 Å². The van der Waals surface area contributed by atoms with Crippen LogP contribution in [0.3, 0.4) is 0 Å². The number of hydrogen-bond donors (Lipinski definition) is 1. The van der Waals surface area contributed by atoms with E-state index in [0.29, 0.717) is 12.8 Å². The molecule has 0 aromatic heterocycles. The Morgan fingerprint density at radius 3 is 2.48 bits per heavy atom. The lowest BCUT2D eigenvalue weighted by Crippen LogP contribution is -2.43. The first kappa shape index (κ1) is 23.5. The van der Waals surface area contributed by atoms with E-state index in [1.807, 2.05) is 24.3 Å². The van der Waals surface area contributed by atoms with Crippen LogP contribution in [0.15, 0.2) is 65.6 Å². The number of fused-ring (bicyclic) bond motifs is 1. The first-order chi connectivity index (χ1) is 15.6. The Hall–Kier alpha value is -2.62. The molecule has 1 amide bonds. The summed E-state index contributed by atoms with van der Waals surface area (Å²) < 4.78 is 66.9. The van der Waals surface area contributed by atoms with E-state index in [-0.39, 0.29) is 23.7 Å². The normalized spacial score (nSPS) is 17.8. The fraction of sp³-hybridized carbons (Fsp3) is 0.261. The third kappa shape index (κ3) is 5.00. The second kappa shape index (κ2) is 8.96. The van der Waals surface area contributed by atoms with Crippen LogP contribution in [0.5, 0.6) is 0 Å². The first-order valence-electron chi connectivity index (χ1n) is 10.2. The van der Waals surface area contributed by atoms with Gasteiger partial charge < -0.3 is 5.32 Å². The van der Waals surface area contributed by atoms with E-state index in [2.05, 4.69) is 5.32 Å². The zero-order chi connectivity index (χ0) is 23.8. The van der Waals surface area contributed by atoms with E-state index in [4.69, 9.17) is 11.6 Å². The maximum Gasteiger partial charge on any atom is 0.417 e. The van der Waals surface area contributed by atoms with Crippen molar-refractivity contribution in [3.05, 3.63) is 71.2 Å². The van der Waals surface area contributed by atoms with Gasteiger partial charge in [0.15, 0.2) is 0 Å². The van der Waals surface area contributed by atoms with Crippen molar-refractivity contribution in [3.8, 4) is 0 Å². The molecular weight excluding hydrogens is 477 g/mol. The molecule has 33 heavy (non-hydrogen) atoms. The van der Waals surface area contributed by atoms with Crippen molar-refractivity contribution in [1.29, 1.82) is 0 Å². The standard InChI is InChI=1S/C23H20ClF3N2O3S/c24-21-10-8-18(13-20(21)23(25,26)27)28-22(30)17-6-3-11-29(14-17)33(31,32)19-9-7-15-4-1-2-5-16(15)12-19/h1-2,4-5,7-10,12-13,17H,3,6,11,14H2,(H,28,30)/t17-/m1/s1. The second-order valence-electron chi connectivity index (χ2n) is 7.89. The van der Waals surface area contributed by atoms with Crippen LogP contribution < -0.4 is 5.32 Å². The fourth-order valence-corrected chi connectivity index (χ4v) is 5.70. The number of amides is 1.